The molecule has 2 heterocycles. The average molecular weight is 796 g/mol. The number of nitrogens with zero attached hydrogens (tertiary/aromatic N) is 1. The third-order valence-electron chi connectivity index (χ3n) is 12.1. The summed E-state index contributed by atoms with van der Waals surface area (Å²) in [6.45, 7) is 0. The van der Waals surface area contributed by atoms with Gasteiger partial charge in [-0.15, -0.1) is 11.3 Å². The first-order valence-electron chi connectivity index (χ1n) is 20.7. The zero-order valence-corrected chi connectivity index (χ0v) is 33.9. The van der Waals surface area contributed by atoms with Gasteiger partial charge in [-0.25, -0.2) is 0 Å². The van der Waals surface area contributed by atoms with Crippen molar-refractivity contribution in [2.45, 2.75) is 0 Å². The molecule has 286 valence electrons. The summed E-state index contributed by atoms with van der Waals surface area (Å²) >= 11 is 1.87. The maximum Gasteiger partial charge on any atom is 0.159 e. The van der Waals surface area contributed by atoms with Crippen LogP contribution in [0.15, 0.2) is 229 Å². The van der Waals surface area contributed by atoms with Crippen molar-refractivity contribution in [3.05, 3.63) is 224 Å². The van der Waals surface area contributed by atoms with Crippen molar-refractivity contribution >= 4 is 81.3 Å². The van der Waals surface area contributed by atoms with Crippen molar-refractivity contribution in [2.75, 3.05) is 4.90 Å². The maximum atomic E-state index is 7.01. The van der Waals surface area contributed by atoms with Gasteiger partial charge < -0.3 is 9.32 Å². The van der Waals surface area contributed by atoms with Crippen LogP contribution in [0.25, 0.3) is 97.4 Å². The standard InChI is InChI=1S/C58H37NOS/c1-4-14-38(15-5-1)43-28-32-49-50-24-13-25-53(57(50)60-54(49)36-43)59(45-30-26-42(27-31-45)47-23-12-21-40-20-10-11-22-46(40)47)52-35-34-48(41-18-8-3-9-19-41)58-56(52)51-33-29-44(37-55(51)61-58)39-16-6-2-7-17-39/h1-37H. The highest BCUT2D eigenvalue weighted by molar-refractivity contribution is 7.26. The van der Waals surface area contributed by atoms with Crippen molar-refractivity contribution in [1.29, 1.82) is 0 Å². The Morgan fingerprint density at radius 1 is 0.361 bits per heavy atom. The molecule has 0 atom stereocenters. The maximum absolute atomic E-state index is 7.01. The third-order valence-corrected chi connectivity index (χ3v) is 13.3. The summed E-state index contributed by atoms with van der Waals surface area (Å²) < 4.78 is 9.52. The Morgan fingerprint density at radius 2 is 0.951 bits per heavy atom. The molecule has 0 bridgehead atoms. The quantitative estimate of drug-likeness (QED) is 0.160. The van der Waals surface area contributed by atoms with Gasteiger partial charge in [0, 0.05) is 36.6 Å². The fourth-order valence-corrected chi connectivity index (χ4v) is 10.4. The molecule has 0 saturated heterocycles. The number of anilines is 3. The van der Waals surface area contributed by atoms with E-state index in [-0.39, 0.29) is 0 Å². The molecule has 0 fully saturated rings. The van der Waals surface area contributed by atoms with Crippen molar-refractivity contribution in [3.63, 3.8) is 0 Å². The third kappa shape index (κ3) is 6.01. The van der Waals surface area contributed by atoms with Crippen LogP contribution in [0.3, 0.4) is 0 Å². The van der Waals surface area contributed by atoms with E-state index in [1.807, 2.05) is 11.3 Å². The number of thiophene rings is 1. The number of hydrogen-bond donors (Lipinski definition) is 0. The van der Waals surface area contributed by atoms with E-state index in [1.54, 1.807) is 0 Å². The van der Waals surface area contributed by atoms with Gasteiger partial charge in [0.25, 0.3) is 0 Å². The predicted octanol–water partition coefficient (Wildman–Crippen LogP) is 17.2. The van der Waals surface area contributed by atoms with Gasteiger partial charge >= 0.3 is 0 Å². The molecule has 0 saturated carbocycles. The summed E-state index contributed by atoms with van der Waals surface area (Å²) in [5.74, 6) is 0. The van der Waals surface area contributed by atoms with Gasteiger partial charge in [-0.3, -0.25) is 0 Å². The molecule has 12 rings (SSSR count). The summed E-state index contributed by atoms with van der Waals surface area (Å²) in [5, 5.41) is 7.12. The van der Waals surface area contributed by atoms with Gasteiger partial charge in [-0.1, -0.05) is 182 Å². The van der Waals surface area contributed by atoms with E-state index in [0.29, 0.717) is 0 Å². The van der Waals surface area contributed by atoms with Crippen LogP contribution in [0, 0.1) is 0 Å². The van der Waals surface area contributed by atoms with Crippen LogP contribution >= 0.6 is 11.3 Å². The lowest BCUT2D eigenvalue weighted by atomic mass is 9.97. The van der Waals surface area contributed by atoms with E-state index in [9.17, 15) is 0 Å². The van der Waals surface area contributed by atoms with E-state index in [2.05, 4.69) is 229 Å². The largest absolute Gasteiger partial charge is 0.454 e. The molecule has 0 unspecified atom stereocenters. The zero-order chi connectivity index (χ0) is 40.3. The van der Waals surface area contributed by atoms with Crippen LogP contribution in [-0.2, 0) is 0 Å². The number of fused-ring (bicyclic) bond motifs is 7. The zero-order valence-electron chi connectivity index (χ0n) is 33.1. The van der Waals surface area contributed by atoms with Gasteiger partial charge in [0.05, 0.1) is 11.4 Å². The Morgan fingerprint density at radius 3 is 1.70 bits per heavy atom. The molecule has 61 heavy (non-hydrogen) atoms. The number of para-hydroxylation sites is 1. The lowest BCUT2D eigenvalue weighted by molar-refractivity contribution is 0.669. The molecule has 0 N–H and O–H groups in total. The predicted molar refractivity (Wildman–Crippen MR) is 261 cm³/mol. The molecule has 0 spiro atoms. The molecular weight excluding hydrogens is 759 g/mol. The summed E-state index contributed by atoms with van der Waals surface area (Å²) in [7, 11) is 0. The molecular formula is C58H37NOS. The van der Waals surface area contributed by atoms with E-state index in [4.69, 9.17) is 4.42 Å². The molecule has 10 aromatic carbocycles. The summed E-state index contributed by atoms with van der Waals surface area (Å²) in [6.07, 6.45) is 0. The van der Waals surface area contributed by atoms with Gasteiger partial charge in [0.15, 0.2) is 5.58 Å². The number of rotatable bonds is 7. The van der Waals surface area contributed by atoms with Crippen LogP contribution in [-0.4, -0.2) is 0 Å². The first kappa shape index (κ1) is 35.2. The normalized spacial score (nSPS) is 11.6. The smallest absolute Gasteiger partial charge is 0.159 e. The number of hydrogen-bond acceptors (Lipinski definition) is 3. The first-order chi connectivity index (χ1) is 30.2. The van der Waals surface area contributed by atoms with Crippen LogP contribution in [0.5, 0.6) is 0 Å². The highest BCUT2D eigenvalue weighted by Gasteiger charge is 2.25. The van der Waals surface area contributed by atoms with Crippen molar-refractivity contribution in [2.24, 2.45) is 0 Å². The highest BCUT2D eigenvalue weighted by Crippen LogP contribution is 2.51. The van der Waals surface area contributed by atoms with Gasteiger partial charge in [0.2, 0.25) is 0 Å². The van der Waals surface area contributed by atoms with E-state index in [0.717, 1.165) is 44.6 Å². The molecule has 0 amide bonds. The van der Waals surface area contributed by atoms with Gasteiger partial charge in [-0.2, -0.15) is 0 Å². The second-order valence-electron chi connectivity index (χ2n) is 15.6. The van der Waals surface area contributed by atoms with E-state index in [1.165, 1.54) is 69.9 Å². The molecule has 0 aliphatic rings. The van der Waals surface area contributed by atoms with Crippen molar-refractivity contribution in [1.82, 2.24) is 0 Å². The Bertz CT molecular complexity index is 3560. The lowest BCUT2D eigenvalue weighted by Crippen LogP contribution is -2.10. The molecule has 2 aromatic heterocycles. The molecule has 0 aliphatic heterocycles. The highest BCUT2D eigenvalue weighted by atomic mass is 32.1. The second kappa shape index (κ2) is 14.5. The van der Waals surface area contributed by atoms with E-state index >= 15 is 0 Å². The Kier molecular flexibility index (Phi) is 8.39. The van der Waals surface area contributed by atoms with Crippen molar-refractivity contribution in [3.8, 4) is 44.5 Å². The minimum absolute atomic E-state index is 0.854. The van der Waals surface area contributed by atoms with Crippen LogP contribution < -0.4 is 4.90 Å². The molecule has 12 aromatic rings. The topological polar surface area (TPSA) is 16.4 Å². The molecule has 0 radical (unpaired) electrons. The Balaban J connectivity index is 1.11. The molecule has 0 aliphatic carbocycles. The fraction of sp³-hybridized carbons (Fsp3) is 0. The fourth-order valence-electron chi connectivity index (χ4n) is 9.15. The lowest BCUT2D eigenvalue weighted by Gasteiger charge is -2.27. The number of furan rings is 1. The summed E-state index contributed by atoms with van der Waals surface area (Å²) in [4.78, 5) is 2.42. The van der Waals surface area contributed by atoms with Gasteiger partial charge in [0.1, 0.15) is 5.58 Å². The summed E-state index contributed by atoms with van der Waals surface area (Å²) in [6, 6.07) is 81.0. The first-order valence-corrected chi connectivity index (χ1v) is 21.6. The number of benzene rings is 10. The van der Waals surface area contributed by atoms with Gasteiger partial charge in [-0.05, 0) is 97.7 Å². The average Bonchev–Trinajstić information content (AvgIpc) is 3.91. The SMILES string of the molecule is c1ccc(-c2ccc3c(c2)oc2c(N(c4ccc(-c5cccc6ccccc56)cc4)c4ccc(-c5ccccc5)c5sc6cc(-c7ccccc7)ccc6c45)cccc23)cc1. The summed E-state index contributed by atoms with van der Waals surface area (Å²) in [5.41, 5.74) is 14.4. The van der Waals surface area contributed by atoms with Crippen LogP contribution in [0.1, 0.15) is 0 Å². The van der Waals surface area contributed by atoms with E-state index < -0.39 is 0 Å². The Labute approximate surface area is 357 Å². The minimum atomic E-state index is 0.854. The van der Waals surface area contributed by atoms with Crippen molar-refractivity contribution < 1.29 is 4.42 Å². The Hall–Kier alpha value is -7.72. The second-order valence-corrected chi connectivity index (χ2v) is 16.7. The van der Waals surface area contributed by atoms with Crippen LogP contribution in [0.2, 0.25) is 0 Å². The van der Waals surface area contributed by atoms with Crippen LogP contribution in [0.4, 0.5) is 17.1 Å². The minimum Gasteiger partial charge on any atom is -0.454 e. The molecule has 2 nitrogen and oxygen atoms in total. The monoisotopic (exact) mass is 795 g/mol. The molecule has 3 heteroatoms.